The molecule has 2 fully saturated rings. The maximum atomic E-state index is 14.3. The lowest BCUT2D eigenvalue weighted by Crippen LogP contribution is -2.57. The highest BCUT2D eigenvalue weighted by molar-refractivity contribution is 5.87. The third kappa shape index (κ3) is 5.56. The molecule has 0 spiro atoms. The molecule has 2 aromatic rings. The predicted octanol–water partition coefficient (Wildman–Crippen LogP) is 7.40. The van der Waals surface area contributed by atoms with E-state index in [1.54, 1.807) is 37.1 Å². The minimum absolute atomic E-state index is 0.0461. The van der Waals surface area contributed by atoms with Crippen LogP contribution in [0.5, 0.6) is 0 Å². The predicted molar refractivity (Wildman–Crippen MR) is 155 cm³/mol. The lowest BCUT2D eigenvalue weighted by atomic mass is 9.76. The minimum Gasteiger partial charge on any atom is -0.335 e. The van der Waals surface area contributed by atoms with E-state index in [0.717, 1.165) is 23.3 Å². The van der Waals surface area contributed by atoms with Crippen molar-refractivity contribution >= 4 is 11.9 Å². The first kappa shape index (κ1) is 30.2. The van der Waals surface area contributed by atoms with Gasteiger partial charge in [-0.05, 0) is 61.9 Å². The van der Waals surface area contributed by atoms with E-state index in [-0.39, 0.29) is 24.5 Å². The van der Waals surface area contributed by atoms with Crippen LogP contribution in [0.1, 0.15) is 59.2 Å². The second-order valence-electron chi connectivity index (χ2n) is 11.2. The van der Waals surface area contributed by atoms with Gasteiger partial charge in [-0.15, -0.1) is 19.7 Å². The van der Waals surface area contributed by atoms with Gasteiger partial charge in [-0.2, -0.15) is 13.2 Å². The molecule has 3 amide bonds. The molecule has 4 rings (SSSR count). The maximum Gasteiger partial charge on any atom is 0.416 e. The van der Waals surface area contributed by atoms with E-state index in [9.17, 15) is 22.8 Å². The molecular formula is C33H38F3N3O2. The van der Waals surface area contributed by atoms with Crippen LogP contribution in [0.25, 0.3) is 0 Å². The number of carbonyl (C=O) groups is 2. The number of rotatable bonds is 8. The molecule has 3 atom stereocenters. The Labute approximate surface area is 240 Å². The summed E-state index contributed by atoms with van der Waals surface area (Å²) in [5, 5.41) is 0. The summed E-state index contributed by atoms with van der Waals surface area (Å²) in [7, 11) is 1.59. The van der Waals surface area contributed by atoms with Gasteiger partial charge in [0.25, 0.3) is 0 Å². The van der Waals surface area contributed by atoms with Gasteiger partial charge in [-0.25, -0.2) is 4.79 Å². The molecular weight excluding hydrogens is 527 g/mol. The van der Waals surface area contributed by atoms with Crippen molar-refractivity contribution in [3.8, 4) is 0 Å². The van der Waals surface area contributed by atoms with E-state index in [0.29, 0.717) is 36.9 Å². The summed E-state index contributed by atoms with van der Waals surface area (Å²) in [4.78, 5) is 33.2. The van der Waals surface area contributed by atoms with Crippen LogP contribution in [0.2, 0.25) is 0 Å². The number of halogens is 3. The highest BCUT2D eigenvalue weighted by atomic mass is 19.4. The number of amides is 3. The van der Waals surface area contributed by atoms with Crippen molar-refractivity contribution in [1.82, 2.24) is 14.7 Å². The first-order valence-electron chi connectivity index (χ1n) is 13.8. The highest BCUT2D eigenvalue weighted by Gasteiger charge is 2.56. The summed E-state index contributed by atoms with van der Waals surface area (Å²) >= 11 is 0. The third-order valence-electron chi connectivity index (χ3n) is 8.53. The first-order chi connectivity index (χ1) is 19.4. The number of hydrogen-bond acceptors (Lipinski definition) is 2. The number of aryl methyl sites for hydroxylation is 2. The third-order valence-corrected chi connectivity index (χ3v) is 8.53. The van der Waals surface area contributed by atoms with Crippen LogP contribution in [0, 0.1) is 19.3 Å². The van der Waals surface area contributed by atoms with Crippen molar-refractivity contribution in [2.24, 2.45) is 5.41 Å². The fourth-order valence-electron chi connectivity index (χ4n) is 6.64. The van der Waals surface area contributed by atoms with Crippen molar-refractivity contribution in [3.63, 3.8) is 0 Å². The van der Waals surface area contributed by atoms with Gasteiger partial charge < -0.3 is 14.7 Å². The van der Waals surface area contributed by atoms with Crippen LogP contribution in [0.4, 0.5) is 18.0 Å². The van der Waals surface area contributed by atoms with E-state index in [1.807, 2.05) is 36.1 Å². The fraction of sp³-hybridized carbons (Fsp3) is 0.394. The number of fused-ring (bicyclic) bond motifs is 1. The van der Waals surface area contributed by atoms with E-state index in [1.165, 1.54) is 11.0 Å². The zero-order chi connectivity index (χ0) is 30.1. The van der Waals surface area contributed by atoms with Gasteiger partial charge in [0.15, 0.2) is 0 Å². The Kier molecular flexibility index (Phi) is 8.52. The molecule has 2 saturated heterocycles. The second kappa shape index (κ2) is 11.6. The van der Waals surface area contributed by atoms with Crippen LogP contribution in [0.15, 0.2) is 80.4 Å². The van der Waals surface area contributed by atoms with Crippen molar-refractivity contribution < 1.29 is 22.8 Å². The number of allylic oxidation sites excluding steroid dienone is 2. The zero-order valence-corrected chi connectivity index (χ0v) is 24.0. The summed E-state index contributed by atoms with van der Waals surface area (Å²) in [5.41, 5.74) is 1.28. The number of carbonyl (C=O) groups excluding carboxylic acids is 2. The Morgan fingerprint density at radius 3 is 2.34 bits per heavy atom. The van der Waals surface area contributed by atoms with Gasteiger partial charge >= 0.3 is 12.2 Å². The molecule has 2 heterocycles. The Morgan fingerprint density at radius 2 is 1.76 bits per heavy atom. The minimum atomic E-state index is -4.51. The summed E-state index contributed by atoms with van der Waals surface area (Å²) < 4.78 is 40.8. The Hall–Kier alpha value is -3.81. The molecule has 0 saturated carbocycles. The SMILES string of the molecule is C=CCC1(CC=C)C[C@H]2C(c3ccccc3C)N(C(=O)N(C)C(C=C)c3cc(C)cc(C(F)(F)F)c3)CCN2C1=O. The van der Waals surface area contributed by atoms with Gasteiger partial charge in [0.1, 0.15) is 0 Å². The summed E-state index contributed by atoms with van der Waals surface area (Å²) in [6.45, 7) is 15.9. The first-order valence-corrected chi connectivity index (χ1v) is 13.8. The van der Waals surface area contributed by atoms with Crippen LogP contribution < -0.4 is 0 Å². The number of urea groups is 1. The van der Waals surface area contributed by atoms with Gasteiger partial charge in [0, 0.05) is 20.1 Å². The lowest BCUT2D eigenvalue weighted by molar-refractivity contribution is -0.139. The van der Waals surface area contributed by atoms with Crippen LogP contribution in [-0.4, -0.2) is 52.8 Å². The molecule has 8 heteroatoms. The standard InChI is InChI=1S/C33H38F3N3O2/c1-7-14-32(15-8-2)21-28-29(26-13-11-10-12-23(26)5)39(17-16-38(28)30(32)40)31(41)37(6)27(9-3)24-18-22(4)19-25(20-24)33(34,35)36/h7-13,18-20,27-29H,1-3,14-17,21H2,4-6H3/t27?,28-,29?/m0/s1. The number of likely N-dealkylation sites (N-methyl/N-ethyl adjacent to an activating group) is 1. The average Bonchev–Trinajstić information content (AvgIpc) is 3.19. The Balaban J connectivity index is 1.75. The number of nitrogens with zero attached hydrogens (tertiary/aromatic N) is 3. The van der Waals surface area contributed by atoms with Crippen molar-refractivity contribution in [3.05, 3.63) is 108 Å². The smallest absolute Gasteiger partial charge is 0.335 e. The molecule has 2 aliphatic rings. The quantitative estimate of drug-likeness (QED) is 0.313. The van der Waals surface area contributed by atoms with Crippen LogP contribution in [-0.2, 0) is 11.0 Å². The summed E-state index contributed by atoms with van der Waals surface area (Å²) in [6.07, 6.45) is 2.06. The molecule has 0 N–H and O–H groups in total. The largest absolute Gasteiger partial charge is 0.416 e. The monoisotopic (exact) mass is 565 g/mol. The lowest BCUT2D eigenvalue weighted by Gasteiger charge is -2.47. The zero-order valence-electron chi connectivity index (χ0n) is 24.0. The van der Waals surface area contributed by atoms with E-state index in [2.05, 4.69) is 19.7 Å². The molecule has 5 nitrogen and oxygen atoms in total. The van der Waals surface area contributed by atoms with E-state index < -0.39 is 29.2 Å². The molecule has 2 aromatic carbocycles. The Morgan fingerprint density at radius 1 is 1.10 bits per heavy atom. The van der Waals surface area contributed by atoms with Crippen molar-refractivity contribution in [2.45, 2.75) is 57.4 Å². The van der Waals surface area contributed by atoms with Gasteiger partial charge in [0.2, 0.25) is 5.91 Å². The number of alkyl halides is 3. The number of benzene rings is 2. The van der Waals surface area contributed by atoms with Gasteiger partial charge in [0.05, 0.1) is 29.1 Å². The van der Waals surface area contributed by atoms with Crippen LogP contribution in [0.3, 0.4) is 0 Å². The maximum absolute atomic E-state index is 14.3. The molecule has 218 valence electrons. The van der Waals surface area contributed by atoms with Crippen LogP contribution >= 0.6 is 0 Å². The molecule has 2 unspecified atom stereocenters. The molecule has 0 aromatic heterocycles. The molecule has 2 aliphatic heterocycles. The number of hydrogen-bond donors (Lipinski definition) is 0. The van der Waals surface area contributed by atoms with E-state index in [4.69, 9.17) is 0 Å². The normalized spacial score (nSPS) is 20.8. The topological polar surface area (TPSA) is 43.9 Å². The molecule has 41 heavy (non-hydrogen) atoms. The average molecular weight is 566 g/mol. The molecule has 0 radical (unpaired) electrons. The fourth-order valence-corrected chi connectivity index (χ4v) is 6.64. The van der Waals surface area contributed by atoms with E-state index >= 15 is 0 Å². The van der Waals surface area contributed by atoms with Gasteiger partial charge in [-0.3, -0.25) is 4.79 Å². The van der Waals surface area contributed by atoms with Crippen molar-refractivity contribution in [2.75, 3.05) is 20.1 Å². The van der Waals surface area contributed by atoms with Crippen molar-refractivity contribution in [1.29, 1.82) is 0 Å². The molecule has 0 bridgehead atoms. The Bertz CT molecular complexity index is 1340. The summed E-state index contributed by atoms with van der Waals surface area (Å²) in [5.74, 6) is 0.0461. The summed E-state index contributed by atoms with van der Waals surface area (Å²) in [6, 6.07) is 9.80. The van der Waals surface area contributed by atoms with Gasteiger partial charge in [-0.1, -0.05) is 54.1 Å². The number of piperazine rings is 1. The molecule has 0 aliphatic carbocycles. The highest BCUT2D eigenvalue weighted by Crippen LogP contribution is 2.50. The second-order valence-corrected chi connectivity index (χ2v) is 11.2.